The van der Waals surface area contributed by atoms with Crippen LogP contribution in [0.15, 0.2) is 18.2 Å². The molecular weight excluding hydrogens is 303 g/mol. The summed E-state index contributed by atoms with van der Waals surface area (Å²) in [5.41, 5.74) is -4.61. The highest BCUT2D eigenvalue weighted by Crippen LogP contribution is 2.30. The Morgan fingerprint density at radius 3 is 2.00 bits per heavy atom. The van der Waals surface area contributed by atoms with Gasteiger partial charge < -0.3 is 15.7 Å². The molecular formula is C11H9F5N2O3. The summed E-state index contributed by atoms with van der Waals surface area (Å²) >= 11 is 0. The van der Waals surface area contributed by atoms with E-state index in [9.17, 15) is 31.5 Å². The Bertz CT molecular complexity index is 555. The molecule has 0 fully saturated rings. The number of amides is 2. The van der Waals surface area contributed by atoms with Crippen LogP contribution in [-0.4, -0.2) is 28.8 Å². The average molecular weight is 312 g/mol. The van der Waals surface area contributed by atoms with Gasteiger partial charge in [0.2, 0.25) is 5.54 Å². The van der Waals surface area contributed by atoms with E-state index >= 15 is 0 Å². The molecule has 0 heterocycles. The molecule has 0 radical (unpaired) electrons. The second-order valence-corrected chi connectivity index (χ2v) is 4.10. The molecule has 1 rings (SSSR count). The van der Waals surface area contributed by atoms with Gasteiger partial charge in [-0.25, -0.2) is 18.4 Å². The number of para-hydroxylation sites is 1. The van der Waals surface area contributed by atoms with Crippen LogP contribution >= 0.6 is 0 Å². The fourth-order valence-electron chi connectivity index (χ4n) is 1.23. The third-order valence-corrected chi connectivity index (χ3v) is 2.56. The lowest BCUT2D eigenvalue weighted by Crippen LogP contribution is -2.62. The van der Waals surface area contributed by atoms with Crippen LogP contribution in [0.5, 0.6) is 0 Å². The zero-order valence-corrected chi connectivity index (χ0v) is 10.4. The van der Waals surface area contributed by atoms with Crippen molar-refractivity contribution >= 4 is 17.7 Å². The Morgan fingerprint density at radius 2 is 1.62 bits per heavy atom. The Morgan fingerprint density at radius 1 is 1.14 bits per heavy atom. The predicted octanol–water partition coefficient (Wildman–Crippen LogP) is 2.49. The number of carboxylic acid groups (broad SMARTS) is 1. The number of anilines is 1. The molecule has 0 spiro atoms. The average Bonchev–Trinajstić information content (AvgIpc) is 2.32. The number of carboxylic acids is 1. The van der Waals surface area contributed by atoms with Crippen molar-refractivity contribution in [1.82, 2.24) is 5.32 Å². The molecule has 0 aromatic heterocycles. The van der Waals surface area contributed by atoms with Crippen LogP contribution in [-0.2, 0) is 4.79 Å². The first-order valence-electron chi connectivity index (χ1n) is 5.32. The lowest BCUT2D eigenvalue weighted by molar-refractivity contribution is -0.203. The second kappa shape index (κ2) is 5.54. The fraction of sp³-hybridized carbons (Fsp3) is 0.273. The number of alkyl halides is 3. The molecule has 1 aromatic carbocycles. The zero-order chi connectivity index (χ0) is 16.4. The number of hydrogen-bond donors (Lipinski definition) is 3. The number of halogens is 5. The van der Waals surface area contributed by atoms with Crippen LogP contribution in [0.25, 0.3) is 0 Å². The van der Waals surface area contributed by atoms with Gasteiger partial charge in [0.1, 0.15) is 17.3 Å². The topological polar surface area (TPSA) is 78.4 Å². The summed E-state index contributed by atoms with van der Waals surface area (Å²) in [6.07, 6.45) is -5.32. The van der Waals surface area contributed by atoms with Gasteiger partial charge in [0.15, 0.2) is 0 Å². The van der Waals surface area contributed by atoms with E-state index in [0.717, 1.165) is 23.5 Å². The van der Waals surface area contributed by atoms with Gasteiger partial charge in [-0.2, -0.15) is 13.2 Å². The normalized spacial score (nSPS) is 14.2. The first kappa shape index (κ1) is 16.7. The summed E-state index contributed by atoms with van der Waals surface area (Å²) < 4.78 is 64.4. The van der Waals surface area contributed by atoms with E-state index in [0.29, 0.717) is 0 Å². The maximum Gasteiger partial charge on any atom is 0.422 e. The van der Waals surface area contributed by atoms with E-state index in [1.54, 1.807) is 0 Å². The molecule has 0 aliphatic carbocycles. The number of urea groups is 1. The monoisotopic (exact) mass is 312 g/mol. The fourth-order valence-corrected chi connectivity index (χ4v) is 1.23. The maximum absolute atomic E-state index is 13.2. The highest BCUT2D eigenvalue weighted by atomic mass is 19.4. The number of carbonyl (C=O) groups is 2. The van der Waals surface area contributed by atoms with E-state index in [-0.39, 0.29) is 6.92 Å². The van der Waals surface area contributed by atoms with Crippen molar-refractivity contribution in [2.75, 3.05) is 5.32 Å². The SMILES string of the molecule is CC(NC(=O)Nc1c(F)cccc1F)(C(=O)O)C(F)(F)F. The number of nitrogens with one attached hydrogen (secondary N) is 2. The van der Waals surface area contributed by atoms with Crippen molar-refractivity contribution in [2.24, 2.45) is 0 Å². The molecule has 116 valence electrons. The molecule has 0 saturated carbocycles. The molecule has 1 unspecified atom stereocenters. The van der Waals surface area contributed by atoms with Crippen LogP contribution in [0, 0.1) is 11.6 Å². The van der Waals surface area contributed by atoms with E-state index < -0.39 is 41.0 Å². The molecule has 0 saturated heterocycles. The molecule has 21 heavy (non-hydrogen) atoms. The Hall–Kier alpha value is -2.39. The van der Waals surface area contributed by atoms with E-state index in [2.05, 4.69) is 0 Å². The van der Waals surface area contributed by atoms with Gasteiger partial charge in [-0.05, 0) is 19.1 Å². The summed E-state index contributed by atoms with van der Waals surface area (Å²) in [4.78, 5) is 22.0. The first-order valence-corrected chi connectivity index (χ1v) is 5.32. The van der Waals surface area contributed by atoms with E-state index in [4.69, 9.17) is 5.11 Å². The number of rotatable bonds is 3. The lowest BCUT2D eigenvalue weighted by Gasteiger charge is -2.28. The molecule has 0 aliphatic rings. The van der Waals surface area contributed by atoms with Crippen LogP contribution < -0.4 is 10.6 Å². The van der Waals surface area contributed by atoms with Gasteiger partial charge in [0.25, 0.3) is 0 Å². The van der Waals surface area contributed by atoms with Crippen molar-refractivity contribution in [3.63, 3.8) is 0 Å². The number of carbonyl (C=O) groups excluding carboxylic acids is 1. The van der Waals surface area contributed by atoms with Crippen molar-refractivity contribution in [3.05, 3.63) is 29.8 Å². The lowest BCUT2D eigenvalue weighted by atomic mass is 10.0. The maximum atomic E-state index is 13.2. The van der Waals surface area contributed by atoms with E-state index in [1.165, 1.54) is 5.32 Å². The van der Waals surface area contributed by atoms with Crippen molar-refractivity contribution in [1.29, 1.82) is 0 Å². The quantitative estimate of drug-likeness (QED) is 0.750. The van der Waals surface area contributed by atoms with E-state index in [1.807, 2.05) is 0 Å². The standard InChI is InChI=1S/C11H9F5N2O3/c1-10(8(19)20,11(14,15)16)18-9(21)17-7-5(12)3-2-4-6(7)13/h2-4H,1H3,(H,19,20)(H2,17,18,21). The largest absolute Gasteiger partial charge is 0.479 e. The molecule has 1 atom stereocenters. The third-order valence-electron chi connectivity index (χ3n) is 2.56. The van der Waals surface area contributed by atoms with Gasteiger partial charge in [0, 0.05) is 0 Å². The van der Waals surface area contributed by atoms with Gasteiger partial charge in [0.05, 0.1) is 0 Å². The smallest absolute Gasteiger partial charge is 0.422 e. The van der Waals surface area contributed by atoms with Gasteiger partial charge in [-0.15, -0.1) is 0 Å². The number of benzene rings is 1. The molecule has 5 nitrogen and oxygen atoms in total. The first-order chi connectivity index (χ1) is 9.49. The summed E-state index contributed by atoms with van der Waals surface area (Å²) in [7, 11) is 0. The highest BCUT2D eigenvalue weighted by molar-refractivity contribution is 5.94. The van der Waals surface area contributed by atoms with Crippen molar-refractivity contribution in [3.8, 4) is 0 Å². The van der Waals surface area contributed by atoms with Crippen LogP contribution in [0.2, 0.25) is 0 Å². The van der Waals surface area contributed by atoms with Gasteiger partial charge >= 0.3 is 18.2 Å². The summed E-state index contributed by atoms with van der Waals surface area (Å²) in [5.74, 6) is -4.83. The second-order valence-electron chi connectivity index (χ2n) is 4.10. The minimum Gasteiger partial charge on any atom is -0.479 e. The highest BCUT2D eigenvalue weighted by Gasteiger charge is 2.58. The number of aliphatic carboxylic acids is 1. The summed E-state index contributed by atoms with van der Waals surface area (Å²) in [6.45, 7) is 0.201. The minimum atomic E-state index is -5.32. The zero-order valence-electron chi connectivity index (χ0n) is 10.4. The minimum absolute atomic E-state index is 0.201. The van der Waals surface area contributed by atoms with Gasteiger partial charge in [-0.1, -0.05) is 6.07 Å². The van der Waals surface area contributed by atoms with Crippen LogP contribution in [0.3, 0.4) is 0 Å². The number of hydrogen-bond acceptors (Lipinski definition) is 2. The molecule has 1 aromatic rings. The Labute approximate surface area is 114 Å². The molecule has 10 heteroatoms. The predicted molar refractivity (Wildman–Crippen MR) is 60.6 cm³/mol. The Balaban J connectivity index is 2.98. The molecule has 3 N–H and O–H groups in total. The summed E-state index contributed by atoms with van der Waals surface area (Å²) in [5, 5.41) is 11.2. The van der Waals surface area contributed by atoms with Crippen molar-refractivity contribution in [2.45, 2.75) is 18.6 Å². The Kier molecular flexibility index (Phi) is 4.40. The summed E-state index contributed by atoms with van der Waals surface area (Å²) in [6, 6.07) is 0.781. The van der Waals surface area contributed by atoms with Gasteiger partial charge in [-0.3, -0.25) is 0 Å². The molecule has 0 bridgehead atoms. The molecule has 0 aliphatic heterocycles. The van der Waals surface area contributed by atoms with Crippen LogP contribution in [0.1, 0.15) is 6.92 Å². The third kappa shape index (κ3) is 3.38. The van der Waals surface area contributed by atoms with Crippen molar-refractivity contribution < 1.29 is 36.6 Å². The van der Waals surface area contributed by atoms with Crippen LogP contribution in [0.4, 0.5) is 32.4 Å². The molecule has 2 amide bonds.